The molecule has 0 aliphatic rings. The minimum Gasteiger partial charge on any atom is -0.379 e. The Morgan fingerprint density at radius 2 is 2.11 bits per heavy atom. The van der Waals surface area contributed by atoms with E-state index in [1.165, 1.54) is 6.92 Å². The number of amides is 1. The average Bonchev–Trinajstić information content (AvgIpc) is 2.28. The van der Waals surface area contributed by atoms with Crippen LogP contribution in [0.4, 0.5) is 5.69 Å². The van der Waals surface area contributed by atoms with Gasteiger partial charge in [0.15, 0.2) is 5.75 Å². The zero-order valence-corrected chi connectivity index (χ0v) is 10.4. The van der Waals surface area contributed by atoms with Gasteiger partial charge in [-0.2, -0.15) is 4.21 Å². The van der Waals surface area contributed by atoms with Crippen LogP contribution in [-0.2, 0) is 16.2 Å². The van der Waals surface area contributed by atoms with Gasteiger partial charge in [-0.3, -0.25) is 9.35 Å². The standard InChI is InChI=1S/C12H11NO4S/c1-8(14)13-10-6-5-9-3-2-4-12(11(9)7-10)17-18(15)16/h2-7H,1H3,(H,13,14)(H,15,16). The molecule has 0 bridgehead atoms. The molecule has 0 aliphatic carbocycles. The van der Waals surface area contributed by atoms with Crippen LogP contribution in [-0.4, -0.2) is 14.7 Å². The lowest BCUT2D eigenvalue weighted by Crippen LogP contribution is -2.05. The molecule has 2 aromatic carbocycles. The molecule has 0 saturated carbocycles. The van der Waals surface area contributed by atoms with Crippen molar-refractivity contribution >= 4 is 33.7 Å². The van der Waals surface area contributed by atoms with Crippen molar-refractivity contribution < 1.29 is 17.7 Å². The monoisotopic (exact) mass is 265 g/mol. The molecule has 0 radical (unpaired) electrons. The lowest BCUT2D eigenvalue weighted by Gasteiger charge is -2.07. The molecule has 18 heavy (non-hydrogen) atoms. The zero-order chi connectivity index (χ0) is 13.1. The molecule has 1 unspecified atom stereocenters. The van der Waals surface area contributed by atoms with Crippen molar-refractivity contribution in [3.8, 4) is 5.75 Å². The van der Waals surface area contributed by atoms with Crippen LogP contribution in [0.2, 0.25) is 0 Å². The second kappa shape index (κ2) is 5.16. The van der Waals surface area contributed by atoms with E-state index in [1.54, 1.807) is 30.3 Å². The number of fused-ring (bicyclic) bond motifs is 1. The van der Waals surface area contributed by atoms with Gasteiger partial charge in [-0.25, -0.2) is 0 Å². The van der Waals surface area contributed by atoms with E-state index in [2.05, 4.69) is 5.32 Å². The molecule has 2 N–H and O–H groups in total. The largest absolute Gasteiger partial charge is 0.379 e. The minimum atomic E-state index is -2.38. The number of carbonyl (C=O) groups is 1. The highest BCUT2D eigenvalue weighted by Gasteiger charge is 2.06. The molecule has 94 valence electrons. The quantitative estimate of drug-likeness (QED) is 0.835. The second-order valence-corrected chi connectivity index (χ2v) is 4.27. The first-order valence-electron chi connectivity index (χ1n) is 5.16. The van der Waals surface area contributed by atoms with Crippen molar-refractivity contribution in [2.24, 2.45) is 0 Å². The summed E-state index contributed by atoms with van der Waals surface area (Å²) >= 11 is -2.38. The normalized spacial score (nSPS) is 12.1. The van der Waals surface area contributed by atoms with E-state index in [-0.39, 0.29) is 5.91 Å². The Labute approximate surface area is 106 Å². The molecule has 2 aromatic rings. The van der Waals surface area contributed by atoms with E-state index in [0.29, 0.717) is 16.8 Å². The summed E-state index contributed by atoms with van der Waals surface area (Å²) < 4.78 is 24.3. The lowest BCUT2D eigenvalue weighted by atomic mass is 10.1. The number of nitrogens with one attached hydrogen (secondary N) is 1. The summed E-state index contributed by atoms with van der Waals surface area (Å²) in [6.45, 7) is 1.41. The van der Waals surface area contributed by atoms with E-state index in [9.17, 15) is 9.00 Å². The fourth-order valence-corrected chi connectivity index (χ4v) is 1.97. The highest BCUT2D eigenvalue weighted by Crippen LogP contribution is 2.28. The summed E-state index contributed by atoms with van der Waals surface area (Å²) in [5.41, 5.74) is 0.606. The SMILES string of the molecule is CC(=O)Nc1ccc2cccc(OS(=O)O)c2c1. The fourth-order valence-electron chi connectivity index (χ4n) is 1.67. The van der Waals surface area contributed by atoms with Gasteiger partial charge in [-0.15, -0.1) is 0 Å². The van der Waals surface area contributed by atoms with Crippen molar-refractivity contribution in [2.75, 3.05) is 5.32 Å². The van der Waals surface area contributed by atoms with Crippen molar-refractivity contribution in [2.45, 2.75) is 6.92 Å². The molecule has 0 heterocycles. The van der Waals surface area contributed by atoms with E-state index in [1.807, 2.05) is 6.07 Å². The van der Waals surface area contributed by atoms with E-state index >= 15 is 0 Å². The van der Waals surface area contributed by atoms with Gasteiger partial charge in [0.05, 0.1) is 0 Å². The van der Waals surface area contributed by atoms with Crippen molar-refractivity contribution in [3.05, 3.63) is 36.4 Å². The van der Waals surface area contributed by atoms with Gasteiger partial charge in [0, 0.05) is 18.0 Å². The Balaban J connectivity index is 2.51. The summed E-state index contributed by atoms with van der Waals surface area (Å²) in [6, 6.07) is 10.4. The summed E-state index contributed by atoms with van der Waals surface area (Å²) in [7, 11) is 0. The van der Waals surface area contributed by atoms with Gasteiger partial charge in [-0.05, 0) is 23.6 Å². The number of hydrogen-bond donors (Lipinski definition) is 2. The third kappa shape index (κ3) is 2.85. The molecule has 0 aromatic heterocycles. The maximum atomic E-state index is 11.0. The van der Waals surface area contributed by atoms with Crippen LogP contribution < -0.4 is 9.50 Å². The summed E-state index contributed by atoms with van der Waals surface area (Å²) in [5.74, 6) is 0.110. The zero-order valence-electron chi connectivity index (χ0n) is 9.54. The maximum Gasteiger partial charge on any atom is 0.357 e. The molecule has 2 rings (SSSR count). The Morgan fingerprint density at radius 3 is 2.78 bits per heavy atom. The van der Waals surface area contributed by atoms with Gasteiger partial charge in [0.2, 0.25) is 5.91 Å². The number of carbonyl (C=O) groups excluding carboxylic acids is 1. The van der Waals surface area contributed by atoms with Crippen LogP contribution in [0.15, 0.2) is 36.4 Å². The van der Waals surface area contributed by atoms with Crippen LogP contribution in [0.25, 0.3) is 10.8 Å². The highest BCUT2D eigenvalue weighted by molar-refractivity contribution is 7.74. The Hall–Kier alpha value is -1.92. The Bertz CT molecular complexity index is 627. The van der Waals surface area contributed by atoms with Crippen LogP contribution in [0.5, 0.6) is 5.75 Å². The van der Waals surface area contributed by atoms with Crippen molar-refractivity contribution in [1.29, 1.82) is 0 Å². The van der Waals surface area contributed by atoms with Gasteiger partial charge in [-0.1, -0.05) is 18.2 Å². The van der Waals surface area contributed by atoms with Crippen LogP contribution in [0.1, 0.15) is 6.92 Å². The third-order valence-corrected chi connectivity index (χ3v) is 2.65. The second-order valence-electron chi connectivity index (χ2n) is 3.67. The van der Waals surface area contributed by atoms with Crippen LogP contribution in [0, 0.1) is 0 Å². The molecule has 6 heteroatoms. The predicted octanol–water partition coefficient (Wildman–Crippen LogP) is 2.31. The topological polar surface area (TPSA) is 75.6 Å². The molecule has 0 fully saturated rings. The summed E-state index contributed by atoms with van der Waals surface area (Å²) in [5, 5.41) is 4.16. The highest BCUT2D eigenvalue weighted by atomic mass is 32.2. The molecular formula is C12H11NO4S. The molecule has 1 atom stereocenters. The summed E-state index contributed by atoms with van der Waals surface area (Å²) in [4.78, 5) is 11.0. The van der Waals surface area contributed by atoms with Crippen LogP contribution >= 0.6 is 0 Å². The smallest absolute Gasteiger partial charge is 0.357 e. The maximum absolute atomic E-state index is 11.0. The first-order chi connectivity index (χ1) is 8.56. The molecule has 5 nitrogen and oxygen atoms in total. The number of anilines is 1. The molecule has 0 saturated heterocycles. The van der Waals surface area contributed by atoms with E-state index in [4.69, 9.17) is 8.74 Å². The summed E-state index contributed by atoms with van der Waals surface area (Å²) in [6.07, 6.45) is 0. The third-order valence-electron chi connectivity index (χ3n) is 2.32. The molecular weight excluding hydrogens is 254 g/mol. The number of hydrogen-bond acceptors (Lipinski definition) is 3. The van der Waals surface area contributed by atoms with Crippen molar-refractivity contribution in [1.82, 2.24) is 0 Å². The van der Waals surface area contributed by atoms with Crippen molar-refractivity contribution in [3.63, 3.8) is 0 Å². The van der Waals surface area contributed by atoms with Crippen LogP contribution in [0.3, 0.4) is 0 Å². The van der Waals surface area contributed by atoms with Gasteiger partial charge >= 0.3 is 11.4 Å². The number of rotatable bonds is 3. The molecule has 0 aliphatic heterocycles. The van der Waals surface area contributed by atoms with E-state index < -0.39 is 11.4 Å². The van der Waals surface area contributed by atoms with E-state index in [0.717, 1.165) is 5.39 Å². The first kappa shape index (κ1) is 12.5. The van der Waals surface area contributed by atoms with Gasteiger partial charge in [0.25, 0.3) is 0 Å². The average molecular weight is 265 g/mol. The number of benzene rings is 2. The minimum absolute atomic E-state index is 0.182. The van der Waals surface area contributed by atoms with Gasteiger partial charge in [0.1, 0.15) is 0 Å². The Kier molecular flexibility index (Phi) is 3.59. The lowest BCUT2D eigenvalue weighted by molar-refractivity contribution is -0.114. The predicted molar refractivity (Wildman–Crippen MR) is 69.7 cm³/mol. The Morgan fingerprint density at radius 1 is 1.33 bits per heavy atom. The molecule has 1 amide bonds. The molecule has 0 spiro atoms. The van der Waals surface area contributed by atoms with Gasteiger partial charge < -0.3 is 9.50 Å². The fraction of sp³-hybridized carbons (Fsp3) is 0.0833. The first-order valence-corrected chi connectivity index (χ1v) is 6.19.